The zero-order valence-electron chi connectivity index (χ0n) is 11.0. The van der Waals surface area contributed by atoms with Crippen molar-refractivity contribution >= 4 is 21.7 Å². The molecule has 0 aromatic heterocycles. The lowest BCUT2D eigenvalue weighted by Crippen LogP contribution is -2.19. The maximum atomic E-state index is 11.7. The van der Waals surface area contributed by atoms with Crippen molar-refractivity contribution < 1.29 is 18.3 Å². The van der Waals surface area contributed by atoms with Crippen LogP contribution in [0.1, 0.15) is 12.0 Å². The number of hydrogen-bond acceptors (Lipinski definition) is 4. The molecule has 0 fully saturated rings. The van der Waals surface area contributed by atoms with Gasteiger partial charge in [-0.05, 0) is 31.8 Å². The fraction of sp³-hybridized carbons (Fsp3) is 0.417. The number of sulfonamides is 1. The van der Waals surface area contributed by atoms with Crippen molar-refractivity contribution in [1.29, 1.82) is 0 Å². The summed E-state index contributed by atoms with van der Waals surface area (Å²) >= 11 is 0. The molecule has 0 atom stereocenters. The number of benzene rings is 1. The van der Waals surface area contributed by atoms with Gasteiger partial charge in [0.1, 0.15) is 0 Å². The lowest BCUT2D eigenvalue weighted by Gasteiger charge is -2.12. The molecule has 1 aromatic carbocycles. The highest BCUT2D eigenvalue weighted by Gasteiger charge is 2.13. The van der Waals surface area contributed by atoms with Crippen LogP contribution in [0, 0.1) is 0 Å². The van der Waals surface area contributed by atoms with Gasteiger partial charge in [-0.15, -0.1) is 0 Å². The second-order valence-electron chi connectivity index (χ2n) is 4.50. The average molecular weight is 286 g/mol. The number of hydrogen-bond donors (Lipinski definition) is 2. The molecule has 0 aliphatic heterocycles. The van der Waals surface area contributed by atoms with Crippen LogP contribution in [-0.2, 0) is 21.4 Å². The maximum absolute atomic E-state index is 11.7. The van der Waals surface area contributed by atoms with Crippen LogP contribution in [-0.4, -0.2) is 44.2 Å². The van der Waals surface area contributed by atoms with Gasteiger partial charge in [-0.2, -0.15) is 0 Å². The smallest absolute Gasteiger partial charge is 0.304 e. The molecule has 106 valence electrons. The summed E-state index contributed by atoms with van der Waals surface area (Å²) in [6.07, 6.45) is -0.410. The van der Waals surface area contributed by atoms with Gasteiger partial charge in [0.05, 0.1) is 12.2 Å². The maximum Gasteiger partial charge on any atom is 0.304 e. The summed E-state index contributed by atoms with van der Waals surface area (Å²) in [6.45, 7) is 0.699. The van der Waals surface area contributed by atoms with Gasteiger partial charge in [0, 0.05) is 12.2 Å². The predicted molar refractivity (Wildman–Crippen MR) is 73.5 cm³/mol. The van der Waals surface area contributed by atoms with Crippen molar-refractivity contribution in [3.63, 3.8) is 0 Å². The molecule has 6 nitrogen and oxygen atoms in total. The van der Waals surface area contributed by atoms with Crippen LogP contribution in [0.5, 0.6) is 0 Å². The normalized spacial score (nSPS) is 11.5. The summed E-state index contributed by atoms with van der Waals surface area (Å²) < 4.78 is 25.7. The molecule has 0 aliphatic rings. The molecule has 0 bridgehead atoms. The number of aliphatic carboxylic acids is 1. The zero-order valence-corrected chi connectivity index (χ0v) is 11.8. The second kappa shape index (κ2) is 6.53. The van der Waals surface area contributed by atoms with Crippen LogP contribution in [0.3, 0.4) is 0 Å². The van der Waals surface area contributed by atoms with Crippen LogP contribution in [0.15, 0.2) is 24.3 Å². The van der Waals surface area contributed by atoms with Crippen molar-refractivity contribution in [2.24, 2.45) is 0 Å². The second-order valence-corrected chi connectivity index (χ2v) is 6.34. The monoisotopic (exact) mass is 286 g/mol. The molecule has 1 aromatic rings. The molecule has 0 unspecified atom stereocenters. The Morgan fingerprint density at radius 1 is 1.37 bits per heavy atom. The summed E-state index contributed by atoms with van der Waals surface area (Å²) in [7, 11) is 0.221. The molecular weight excluding hydrogens is 268 g/mol. The van der Waals surface area contributed by atoms with E-state index in [1.807, 2.05) is 25.1 Å². The van der Waals surface area contributed by atoms with E-state index < -0.39 is 28.2 Å². The highest BCUT2D eigenvalue weighted by Crippen LogP contribution is 2.13. The molecule has 2 N–H and O–H groups in total. The summed E-state index contributed by atoms with van der Waals surface area (Å²) in [5.74, 6) is -1.56. The first-order valence-electron chi connectivity index (χ1n) is 5.74. The van der Waals surface area contributed by atoms with Gasteiger partial charge in [0.25, 0.3) is 0 Å². The molecule has 0 spiro atoms. The van der Waals surface area contributed by atoms with Crippen LogP contribution in [0.4, 0.5) is 5.69 Å². The Hall–Kier alpha value is -1.60. The van der Waals surface area contributed by atoms with E-state index in [0.717, 1.165) is 5.56 Å². The Morgan fingerprint density at radius 2 is 2.05 bits per heavy atom. The molecule has 7 heteroatoms. The van der Waals surface area contributed by atoms with Crippen LogP contribution >= 0.6 is 0 Å². The number of carboxylic acid groups (broad SMARTS) is 1. The third-order valence-electron chi connectivity index (χ3n) is 2.28. The first-order valence-corrected chi connectivity index (χ1v) is 7.40. The topological polar surface area (TPSA) is 86.7 Å². The summed E-state index contributed by atoms with van der Waals surface area (Å²) in [6, 6.07) is 7.03. The Morgan fingerprint density at radius 3 is 2.63 bits per heavy atom. The van der Waals surface area contributed by atoms with Gasteiger partial charge in [0.2, 0.25) is 10.0 Å². The summed E-state index contributed by atoms with van der Waals surface area (Å²) in [5.41, 5.74) is 1.42. The predicted octanol–water partition coefficient (Wildman–Crippen LogP) is 0.965. The van der Waals surface area contributed by atoms with Crippen molar-refractivity contribution in [1.82, 2.24) is 4.90 Å². The van der Waals surface area contributed by atoms with Crippen molar-refractivity contribution in [2.75, 3.05) is 24.6 Å². The van der Waals surface area contributed by atoms with E-state index in [2.05, 4.69) is 4.72 Å². The SMILES string of the molecule is CN(C)Cc1cccc(NS(=O)(=O)CCC(=O)O)c1. The molecule has 0 radical (unpaired) electrons. The summed E-state index contributed by atoms with van der Waals surface area (Å²) in [5, 5.41) is 8.49. The Bertz CT molecular complexity index is 540. The minimum Gasteiger partial charge on any atom is -0.481 e. The fourth-order valence-corrected chi connectivity index (χ4v) is 2.58. The number of carboxylic acids is 1. The molecular formula is C12H18N2O4S. The molecule has 0 saturated carbocycles. The number of carbonyl (C=O) groups is 1. The highest BCUT2D eigenvalue weighted by atomic mass is 32.2. The summed E-state index contributed by atoms with van der Waals surface area (Å²) in [4.78, 5) is 12.3. The zero-order chi connectivity index (χ0) is 14.5. The van der Waals surface area contributed by atoms with Gasteiger partial charge in [-0.25, -0.2) is 8.42 Å². The van der Waals surface area contributed by atoms with E-state index in [9.17, 15) is 13.2 Å². The van der Waals surface area contributed by atoms with Crippen molar-refractivity contribution in [3.8, 4) is 0 Å². The van der Waals surface area contributed by atoms with E-state index in [4.69, 9.17) is 5.11 Å². The lowest BCUT2D eigenvalue weighted by atomic mass is 10.2. The third kappa shape index (κ3) is 6.21. The Kier molecular flexibility index (Phi) is 5.31. The minimum absolute atomic E-state index is 0.410. The Balaban J connectivity index is 2.73. The van der Waals surface area contributed by atoms with Gasteiger partial charge in [-0.3, -0.25) is 9.52 Å². The first-order chi connectivity index (χ1) is 8.78. The number of nitrogens with zero attached hydrogens (tertiary/aromatic N) is 1. The van der Waals surface area contributed by atoms with Gasteiger partial charge < -0.3 is 10.0 Å². The van der Waals surface area contributed by atoms with E-state index in [1.165, 1.54) is 0 Å². The molecule has 0 aliphatic carbocycles. The van der Waals surface area contributed by atoms with Gasteiger partial charge >= 0.3 is 5.97 Å². The third-order valence-corrected chi connectivity index (χ3v) is 3.57. The Labute approximate surface area is 113 Å². The number of anilines is 1. The molecule has 0 saturated heterocycles. The molecule has 0 amide bonds. The lowest BCUT2D eigenvalue weighted by molar-refractivity contribution is -0.136. The van der Waals surface area contributed by atoms with Crippen molar-refractivity contribution in [2.45, 2.75) is 13.0 Å². The minimum atomic E-state index is -3.62. The quantitative estimate of drug-likeness (QED) is 0.780. The van der Waals surface area contributed by atoms with Crippen molar-refractivity contribution in [3.05, 3.63) is 29.8 Å². The van der Waals surface area contributed by atoms with E-state index in [0.29, 0.717) is 12.2 Å². The van der Waals surface area contributed by atoms with E-state index in [-0.39, 0.29) is 0 Å². The van der Waals surface area contributed by atoms with Gasteiger partial charge in [-0.1, -0.05) is 12.1 Å². The van der Waals surface area contributed by atoms with E-state index in [1.54, 1.807) is 18.2 Å². The standard InChI is InChI=1S/C12H18N2O4S/c1-14(2)9-10-4-3-5-11(8-10)13-19(17,18)7-6-12(15)16/h3-5,8,13H,6-7,9H2,1-2H3,(H,15,16). The average Bonchev–Trinajstić information content (AvgIpc) is 2.25. The highest BCUT2D eigenvalue weighted by molar-refractivity contribution is 7.92. The largest absolute Gasteiger partial charge is 0.481 e. The van der Waals surface area contributed by atoms with E-state index >= 15 is 0 Å². The molecule has 0 heterocycles. The van der Waals surface area contributed by atoms with Gasteiger partial charge in [0.15, 0.2) is 0 Å². The number of rotatable bonds is 7. The fourth-order valence-electron chi connectivity index (χ4n) is 1.55. The number of nitrogens with one attached hydrogen (secondary N) is 1. The van der Waals surface area contributed by atoms with Crippen LogP contribution < -0.4 is 4.72 Å². The first kappa shape index (κ1) is 15.5. The molecule has 1 rings (SSSR count). The van der Waals surface area contributed by atoms with Crippen LogP contribution in [0.25, 0.3) is 0 Å². The molecule has 19 heavy (non-hydrogen) atoms. The van der Waals surface area contributed by atoms with Crippen LogP contribution in [0.2, 0.25) is 0 Å².